The maximum atomic E-state index is 8.09. The van der Waals surface area contributed by atoms with Gasteiger partial charge in [0.1, 0.15) is 13.2 Å². The summed E-state index contributed by atoms with van der Waals surface area (Å²) < 4.78 is 4.66. The van der Waals surface area contributed by atoms with E-state index in [2.05, 4.69) is 16.6 Å². The summed E-state index contributed by atoms with van der Waals surface area (Å²) in [7, 11) is 0. The fourth-order valence-electron chi connectivity index (χ4n) is 0.392. The highest BCUT2D eigenvalue weighted by Gasteiger charge is 1.77. The van der Waals surface area contributed by atoms with Crippen LogP contribution in [0.15, 0.2) is 0 Å². The zero-order valence-corrected chi connectivity index (χ0v) is 7.70. The van der Waals surface area contributed by atoms with Crippen molar-refractivity contribution in [1.29, 1.82) is 0 Å². The van der Waals surface area contributed by atoms with Gasteiger partial charge in [-0.15, -0.1) is 12.8 Å². The van der Waals surface area contributed by atoms with E-state index < -0.39 is 0 Å². The molecule has 0 saturated carbocycles. The van der Waals surface area contributed by atoms with Crippen molar-refractivity contribution < 1.29 is 14.9 Å². The summed E-state index contributed by atoms with van der Waals surface area (Å²) in [4.78, 5) is 0. The van der Waals surface area contributed by atoms with Crippen LogP contribution in [0.3, 0.4) is 0 Å². The van der Waals surface area contributed by atoms with Crippen molar-refractivity contribution in [1.82, 2.24) is 0 Å². The minimum Gasteiger partial charge on any atom is -0.396 e. The summed E-state index contributed by atoms with van der Waals surface area (Å²) in [5.41, 5.74) is 0. The molecule has 0 aromatic heterocycles. The molecule has 3 nitrogen and oxygen atoms in total. The van der Waals surface area contributed by atoms with E-state index in [0.29, 0.717) is 13.2 Å². The quantitative estimate of drug-likeness (QED) is 0.468. The van der Waals surface area contributed by atoms with E-state index in [1.807, 2.05) is 0 Å². The second-order valence-electron chi connectivity index (χ2n) is 2.06. The van der Waals surface area contributed by atoms with E-state index >= 15 is 0 Å². The zero-order valence-electron chi connectivity index (χ0n) is 7.70. The van der Waals surface area contributed by atoms with Crippen LogP contribution in [0, 0.1) is 24.7 Å². The molecule has 2 N–H and O–H groups in total. The van der Waals surface area contributed by atoms with Gasteiger partial charge in [-0.1, -0.05) is 11.8 Å². The van der Waals surface area contributed by atoms with Gasteiger partial charge in [-0.3, -0.25) is 0 Å². The van der Waals surface area contributed by atoms with Crippen molar-refractivity contribution in [2.75, 3.05) is 26.4 Å². The Hall–Kier alpha value is -1.00. The Bertz CT molecular complexity index is 135. The van der Waals surface area contributed by atoms with Crippen molar-refractivity contribution in [3.63, 3.8) is 0 Å². The summed E-state index contributed by atoms with van der Waals surface area (Å²) in [5, 5.41) is 16.2. The average Bonchev–Trinajstić information content (AvgIpc) is 2.17. The number of rotatable bonds is 5. The van der Waals surface area contributed by atoms with Gasteiger partial charge in [0.2, 0.25) is 0 Å². The van der Waals surface area contributed by atoms with E-state index in [9.17, 15) is 0 Å². The molecule has 0 aromatic rings. The van der Waals surface area contributed by atoms with Gasteiger partial charge in [-0.05, 0) is 12.8 Å². The molecule has 0 atom stereocenters. The lowest BCUT2D eigenvalue weighted by molar-refractivity contribution is 0.205. The molecular formula is C10H16O3. The lowest BCUT2D eigenvalue weighted by Crippen LogP contribution is -1.89. The molecule has 3 heteroatoms. The standard InChI is InChI=1S/C6H6O.C4H10O2/c1-3-5-7-6-4-2;5-3-1-2-4-6/h1-2H,5-6H2;5-6H,1-4H2. The largest absolute Gasteiger partial charge is 0.396 e. The van der Waals surface area contributed by atoms with Crippen LogP contribution >= 0.6 is 0 Å². The molecule has 13 heavy (non-hydrogen) atoms. The Morgan fingerprint density at radius 3 is 1.54 bits per heavy atom. The minimum atomic E-state index is 0.195. The Balaban J connectivity index is 0. The van der Waals surface area contributed by atoms with E-state index in [-0.39, 0.29) is 13.2 Å². The van der Waals surface area contributed by atoms with Crippen molar-refractivity contribution >= 4 is 0 Å². The molecular weight excluding hydrogens is 168 g/mol. The predicted octanol–water partition coefficient (Wildman–Crippen LogP) is 0.0206. The smallest absolute Gasteiger partial charge is 0.108 e. The topological polar surface area (TPSA) is 49.7 Å². The molecule has 0 spiro atoms. The van der Waals surface area contributed by atoms with Crippen LogP contribution in [0.5, 0.6) is 0 Å². The van der Waals surface area contributed by atoms with Gasteiger partial charge < -0.3 is 14.9 Å². The first-order valence-electron chi connectivity index (χ1n) is 3.99. The molecule has 0 aliphatic carbocycles. The van der Waals surface area contributed by atoms with Crippen LogP contribution in [0.4, 0.5) is 0 Å². The first kappa shape index (κ1) is 14.5. The Morgan fingerprint density at radius 2 is 1.31 bits per heavy atom. The third-order valence-electron chi connectivity index (χ3n) is 0.937. The van der Waals surface area contributed by atoms with Crippen LogP contribution in [-0.2, 0) is 4.74 Å². The maximum Gasteiger partial charge on any atom is 0.108 e. The third kappa shape index (κ3) is 24.8. The number of hydrogen-bond donors (Lipinski definition) is 2. The molecule has 0 aliphatic heterocycles. The van der Waals surface area contributed by atoms with E-state index in [0.717, 1.165) is 12.8 Å². The number of unbranched alkanes of at least 4 members (excludes halogenated alkanes) is 1. The molecule has 0 saturated heterocycles. The van der Waals surface area contributed by atoms with Crippen LogP contribution in [-0.4, -0.2) is 36.6 Å². The molecule has 0 heterocycles. The van der Waals surface area contributed by atoms with Gasteiger partial charge in [-0.2, -0.15) is 0 Å². The Kier molecular flexibility index (Phi) is 19.2. The summed E-state index contributed by atoms with van der Waals surface area (Å²) in [6.07, 6.45) is 11.1. The average molecular weight is 184 g/mol. The van der Waals surface area contributed by atoms with Crippen LogP contribution < -0.4 is 0 Å². The number of aliphatic hydroxyl groups is 2. The van der Waals surface area contributed by atoms with Gasteiger partial charge >= 0.3 is 0 Å². The minimum absolute atomic E-state index is 0.195. The molecule has 0 fully saturated rings. The van der Waals surface area contributed by atoms with Gasteiger partial charge in [-0.25, -0.2) is 0 Å². The highest BCUT2D eigenvalue weighted by atomic mass is 16.5. The highest BCUT2D eigenvalue weighted by molar-refractivity contribution is 4.87. The molecule has 0 amide bonds. The van der Waals surface area contributed by atoms with Crippen molar-refractivity contribution in [2.45, 2.75) is 12.8 Å². The Labute approximate surface area is 79.7 Å². The number of hydrogen-bond acceptors (Lipinski definition) is 3. The molecule has 0 rings (SSSR count). The normalized spacial score (nSPS) is 7.69. The second kappa shape index (κ2) is 17.2. The van der Waals surface area contributed by atoms with E-state index in [1.165, 1.54) is 0 Å². The number of terminal acetylenes is 2. The van der Waals surface area contributed by atoms with Crippen LogP contribution in [0.25, 0.3) is 0 Å². The van der Waals surface area contributed by atoms with Crippen molar-refractivity contribution in [2.24, 2.45) is 0 Å². The van der Waals surface area contributed by atoms with Gasteiger partial charge in [0, 0.05) is 13.2 Å². The lowest BCUT2D eigenvalue weighted by atomic mass is 10.3. The maximum absolute atomic E-state index is 8.09. The fourth-order valence-corrected chi connectivity index (χ4v) is 0.392. The van der Waals surface area contributed by atoms with Crippen molar-refractivity contribution in [3.05, 3.63) is 0 Å². The molecule has 74 valence electrons. The van der Waals surface area contributed by atoms with Crippen LogP contribution in [0.1, 0.15) is 12.8 Å². The number of aliphatic hydroxyl groups excluding tert-OH is 2. The molecule has 0 aliphatic rings. The molecule has 0 aromatic carbocycles. The molecule has 0 unspecified atom stereocenters. The third-order valence-corrected chi connectivity index (χ3v) is 0.937. The van der Waals surface area contributed by atoms with E-state index in [1.54, 1.807) is 0 Å². The van der Waals surface area contributed by atoms with Gasteiger partial charge in [0.05, 0.1) is 0 Å². The predicted molar refractivity (Wildman–Crippen MR) is 51.9 cm³/mol. The second-order valence-corrected chi connectivity index (χ2v) is 2.06. The fraction of sp³-hybridized carbons (Fsp3) is 0.600. The number of ether oxygens (including phenoxy) is 1. The van der Waals surface area contributed by atoms with Gasteiger partial charge in [0.25, 0.3) is 0 Å². The van der Waals surface area contributed by atoms with Crippen LogP contribution in [0.2, 0.25) is 0 Å². The van der Waals surface area contributed by atoms with Crippen molar-refractivity contribution in [3.8, 4) is 24.7 Å². The summed E-state index contributed by atoms with van der Waals surface area (Å²) >= 11 is 0. The SMILES string of the molecule is C#CCOCC#C.OCCCCO. The Morgan fingerprint density at radius 1 is 0.923 bits per heavy atom. The molecule has 0 bridgehead atoms. The monoisotopic (exact) mass is 184 g/mol. The van der Waals surface area contributed by atoms with Gasteiger partial charge in [0.15, 0.2) is 0 Å². The lowest BCUT2D eigenvalue weighted by Gasteiger charge is -1.86. The first-order valence-corrected chi connectivity index (χ1v) is 3.99. The highest BCUT2D eigenvalue weighted by Crippen LogP contribution is 1.80. The zero-order chi connectivity index (χ0) is 10.4. The summed E-state index contributed by atoms with van der Waals surface area (Å²) in [6, 6.07) is 0. The summed E-state index contributed by atoms with van der Waals surface area (Å²) in [6.45, 7) is 1.01. The first-order chi connectivity index (χ1) is 6.33. The molecule has 0 radical (unpaired) electrons. The van der Waals surface area contributed by atoms with E-state index in [4.69, 9.17) is 23.1 Å². The summed E-state index contributed by atoms with van der Waals surface area (Å²) in [5.74, 6) is 4.57.